The molecule has 0 aromatic heterocycles. The third-order valence-corrected chi connectivity index (χ3v) is 3.28. The lowest BCUT2D eigenvalue weighted by molar-refractivity contribution is -0.143. The number of esters is 1. The van der Waals surface area contributed by atoms with Crippen molar-refractivity contribution >= 4 is 17.6 Å². The van der Waals surface area contributed by atoms with Crippen molar-refractivity contribution in [3.63, 3.8) is 0 Å². The Morgan fingerprint density at radius 1 is 1.24 bits per heavy atom. The van der Waals surface area contributed by atoms with Crippen molar-refractivity contribution < 1.29 is 19.4 Å². The molecule has 0 radical (unpaired) electrons. The molecule has 0 fully saturated rings. The maximum absolute atomic E-state index is 11.5. The molecule has 0 saturated heterocycles. The van der Waals surface area contributed by atoms with Gasteiger partial charge in [-0.2, -0.15) is 0 Å². The number of hydrogen-bond acceptors (Lipinski definition) is 4. The number of carboxylic acid groups (broad SMARTS) is 1. The summed E-state index contributed by atoms with van der Waals surface area (Å²) in [6.45, 7) is 6.21. The van der Waals surface area contributed by atoms with Gasteiger partial charge in [-0.15, -0.1) is 0 Å². The minimum atomic E-state index is -0.887. The van der Waals surface area contributed by atoms with Crippen LogP contribution in [0.5, 0.6) is 0 Å². The molecule has 1 unspecified atom stereocenters. The van der Waals surface area contributed by atoms with Crippen LogP contribution in [0.4, 0.5) is 5.69 Å². The standard InChI is InChI=1S/C16H23NO4/c1-4-14(16(19)20)17(11-10-15(18)21-5-2)13-8-6-12(3)7-9-13/h6-9,14H,4-5,10-11H2,1-3H3,(H,19,20). The van der Waals surface area contributed by atoms with Crippen molar-refractivity contribution in [1.82, 2.24) is 0 Å². The Morgan fingerprint density at radius 2 is 1.86 bits per heavy atom. The molecule has 0 bridgehead atoms. The van der Waals surface area contributed by atoms with Crippen molar-refractivity contribution in [3.8, 4) is 0 Å². The average molecular weight is 293 g/mol. The van der Waals surface area contributed by atoms with Crippen molar-refractivity contribution in [3.05, 3.63) is 29.8 Å². The van der Waals surface area contributed by atoms with Crippen LogP contribution in [-0.2, 0) is 14.3 Å². The van der Waals surface area contributed by atoms with Gasteiger partial charge in [0.15, 0.2) is 0 Å². The van der Waals surface area contributed by atoms with E-state index in [2.05, 4.69) is 0 Å². The first-order valence-electron chi connectivity index (χ1n) is 7.21. The molecule has 0 saturated carbocycles. The molecular weight excluding hydrogens is 270 g/mol. The number of carbonyl (C=O) groups is 2. The molecule has 1 N–H and O–H groups in total. The summed E-state index contributed by atoms with van der Waals surface area (Å²) in [4.78, 5) is 24.7. The molecule has 5 nitrogen and oxygen atoms in total. The Labute approximate surface area is 125 Å². The number of aryl methyl sites for hydroxylation is 1. The van der Waals surface area contributed by atoms with Crippen LogP contribution in [0, 0.1) is 6.92 Å². The van der Waals surface area contributed by atoms with E-state index < -0.39 is 12.0 Å². The summed E-state index contributed by atoms with van der Waals surface area (Å²) in [5, 5.41) is 9.37. The number of hydrogen-bond donors (Lipinski definition) is 1. The lowest BCUT2D eigenvalue weighted by atomic mass is 10.1. The molecule has 0 amide bonds. The fourth-order valence-corrected chi connectivity index (χ4v) is 2.17. The van der Waals surface area contributed by atoms with Gasteiger partial charge >= 0.3 is 11.9 Å². The van der Waals surface area contributed by atoms with Gasteiger partial charge in [0.1, 0.15) is 6.04 Å². The highest BCUT2D eigenvalue weighted by Gasteiger charge is 2.24. The second-order valence-electron chi connectivity index (χ2n) is 4.85. The number of rotatable bonds is 8. The number of ether oxygens (including phenoxy) is 1. The van der Waals surface area contributed by atoms with E-state index in [-0.39, 0.29) is 12.4 Å². The summed E-state index contributed by atoms with van der Waals surface area (Å²) >= 11 is 0. The van der Waals surface area contributed by atoms with Crippen LogP contribution in [0.3, 0.4) is 0 Å². The van der Waals surface area contributed by atoms with Crippen LogP contribution in [-0.4, -0.2) is 36.2 Å². The maximum atomic E-state index is 11.5. The van der Waals surface area contributed by atoms with Crippen molar-refractivity contribution in [1.29, 1.82) is 0 Å². The molecular formula is C16H23NO4. The minimum Gasteiger partial charge on any atom is -0.480 e. The highest BCUT2D eigenvalue weighted by molar-refractivity contribution is 5.79. The zero-order valence-corrected chi connectivity index (χ0v) is 12.8. The summed E-state index contributed by atoms with van der Waals surface area (Å²) in [5.41, 5.74) is 1.91. The predicted octanol–water partition coefficient (Wildman–Crippen LogP) is 2.62. The van der Waals surface area contributed by atoms with Crippen LogP contribution in [0.2, 0.25) is 0 Å². The highest BCUT2D eigenvalue weighted by atomic mass is 16.5. The van der Waals surface area contributed by atoms with E-state index in [0.717, 1.165) is 11.3 Å². The maximum Gasteiger partial charge on any atom is 0.326 e. The lowest BCUT2D eigenvalue weighted by Gasteiger charge is -2.30. The molecule has 1 rings (SSSR count). The minimum absolute atomic E-state index is 0.172. The summed E-state index contributed by atoms with van der Waals surface area (Å²) in [6.07, 6.45) is 0.636. The van der Waals surface area contributed by atoms with Crippen LogP contribution in [0.1, 0.15) is 32.3 Å². The van der Waals surface area contributed by atoms with E-state index in [1.807, 2.05) is 38.1 Å². The topological polar surface area (TPSA) is 66.8 Å². The summed E-state index contributed by atoms with van der Waals surface area (Å²) in [7, 11) is 0. The number of carbonyl (C=O) groups excluding carboxylic acids is 1. The normalized spacial score (nSPS) is 11.8. The predicted molar refractivity (Wildman–Crippen MR) is 81.5 cm³/mol. The Morgan fingerprint density at radius 3 is 2.33 bits per heavy atom. The third-order valence-electron chi connectivity index (χ3n) is 3.28. The number of nitrogens with zero attached hydrogens (tertiary/aromatic N) is 1. The van der Waals surface area contributed by atoms with Gasteiger partial charge in [-0.25, -0.2) is 4.79 Å². The van der Waals surface area contributed by atoms with Gasteiger partial charge in [-0.1, -0.05) is 24.6 Å². The van der Waals surface area contributed by atoms with E-state index in [9.17, 15) is 14.7 Å². The lowest BCUT2D eigenvalue weighted by Crippen LogP contribution is -2.42. The van der Waals surface area contributed by atoms with Crippen LogP contribution < -0.4 is 4.90 Å². The van der Waals surface area contributed by atoms with Gasteiger partial charge in [0.05, 0.1) is 13.0 Å². The third kappa shape index (κ3) is 5.10. The molecule has 0 aliphatic heterocycles. The van der Waals surface area contributed by atoms with Crippen LogP contribution in [0.15, 0.2) is 24.3 Å². The Hall–Kier alpha value is -2.04. The van der Waals surface area contributed by atoms with Gasteiger partial charge in [0.25, 0.3) is 0 Å². The zero-order chi connectivity index (χ0) is 15.8. The molecule has 1 atom stereocenters. The monoisotopic (exact) mass is 293 g/mol. The highest BCUT2D eigenvalue weighted by Crippen LogP contribution is 2.20. The number of carboxylic acids is 1. The number of anilines is 1. The largest absolute Gasteiger partial charge is 0.480 e. The molecule has 0 aliphatic rings. The van der Waals surface area contributed by atoms with Gasteiger partial charge < -0.3 is 14.7 Å². The smallest absolute Gasteiger partial charge is 0.326 e. The second-order valence-corrected chi connectivity index (χ2v) is 4.85. The van der Waals surface area contributed by atoms with Crippen molar-refractivity contribution in [2.45, 2.75) is 39.7 Å². The summed E-state index contributed by atoms with van der Waals surface area (Å²) in [6, 6.07) is 6.97. The first kappa shape index (κ1) is 17.0. The van der Waals surface area contributed by atoms with Crippen molar-refractivity contribution in [2.75, 3.05) is 18.1 Å². The molecule has 1 aromatic rings. The van der Waals surface area contributed by atoms with Gasteiger partial charge in [-0.05, 0) is 32.4 Å². The van der Waals surface area contributed by atoms with E-state index in [4.69, 9.17) is 4.74 Å². The zero-order valence-electron chi connectivity index (χ0n) is 12.8. The van der Waals surface area contributed by atoms with Crippen LogP contribution in [0.25, 0.3) is 0 Å². The summed E-state index contributed by atoms with van der Waals surface area (Å²) in [5.74, 6) is -1.20. The molecule has 0 heterocycles. The summed E-state index contributed by atoms with van der Waals surface area (Å²) < 4.78 is 4.91. The first-order valence-corrected chi connectivity index (χ1v) is 7.21. The van der Waals surface area contributed by atoms with E-state index >= 15 is 0 Å². The number of aliphatic carboxylic acids is 1. The fourth-order valence-electron chi connectivity index (χ4n) is 2.17. The second kappa shape index (κ2) is 8.29. The Kier molecular flexibility index (Phi) is 6.72. The number of benzene rings is 1. The molecule has 1 aromatic carbocycles. The molecule has 5 heteroatoms. The molecule has 0 spiro atoms. The molecule has 21 heavy (non-hydrogen) atoms. The quantitative estimate of drug-likeness (QED) is 0.746. The Balaban J connectivity index is 2.91. The van der Waals surface area contributed by atoms with Gasteiger partial charge in [-0.3, -0.25) is 4.79 Å². The van der Waals surface area contributed by atoms with E-state index in [1.54, 1.807) is 11.8 Å². The van der Waals surface area contributed by atoms with Gasteiger partial charge in [0.2, 0.25) is 0 Å². The average Bonchev–Trinajstić information content (AvgIpc) is 2.44. The van der Waals surface area contributed by atoms with Crippen LogP contribution >= 0.6 is 0 Å². The van der Waals surface area contributed by atoms with E-state index in [1.165, 1.54) is 0 Å². The molecule has 0 aliphatic carbocycles. The van der Waals surface area contributed by atoms with Gasteiger partial charge in [0, 0.05) is 12.2 Å². The van der Waals surface area contributed by atoms with Crippen molar-refractivity contribution in [2.24, 2.45) is 0 Å². The molecule has 116 valence electrons. The first-order chi connectivity index (χ1) is 9.99. The SMILES string of the molecule is CCOC(=O)CCN(c1ccc(C)cc1)C(CC)C(=O)O. The van der Waals surface area contributed by atoms with E-state index in [0.29, 0.717) is 19.6 Å². The fraction of sp³-hybridized carbons (Fsp3) is 0.500. The Bertz CT molecular complexity index is 470.